The van der Waals surface area contributed by atoms with E-state index < -0.39 is 0 Å². The van der Waals surface area contributed by atoms with Crippen molar-refractivity contribution in [2.75, 3.05) is 43.6 Å². The third-order valence-electron chi connectivity index (χ3n) is 5.49. The van der Waals surface area contributed by atoms with Crippen LogP contribution in [-0.4, -0.2) is 58.1 Å². The van der Waals surface area contributed by atoms with Gasteiger partial charge in [-0.1, -0.05) is 26.8 Å². The molecule has 0 bridgehead atoms. The fraction of sp³-hybridized carbons (Fsp3) is 0.500. The second-order valence-corrected chi connectivity index (χ2v) is 8.18. The van der Waals surface area contributed by atoms with Gasteiger partial charge in [-0.15, -0.1) is 0 Å². The minimum atomic E-state index is -0.200. The van der Waals surface area contributed by atoms with Crippen molar-refractivity contribution >= 4 is 23.3 Å². The lowest BCUT2D eigenvalue weighted by Gasteiger charge is -2.24. The Morgan fingerprint density at radius 3 is 2.52 bits per heavy atom. The lowest BCUT2D eigenvalue weighted by molar-refractivity contribution is 0.145. The van der Waals surface area contributed by atoms with Crippen LogP contribution in [0.25, 0.3) is 0 Å². The van der Waals surface area contributed by atoms with Crippen molar-refractivity contribution in [2.24, 2.45) is 7.05 Å². The van der Waals surface area contributed by atoms with E-state index in [0.717, 1.165) is 29.4 Å². The Balaban J connectivity index is 0.000000381. The van der Waals surface area contributed by atoms with Crippen LogP contribution < -0.4 is 15.5 Å². The van der Waals surface area contributed by atoms with Crippen LogP contribution in [0.1, 0.15) is 39.2 Å². The molecule has 0 radical (unpaired) electrons. The Bertz CT molecular complexity index is 982. The van der Waals surface area contributed by atoms with Crippen LogP contribution in [0.4, 0.5) is 23.3 Å². The summed E-state index contributed by atoms with van der Waals surface area (Å²) in [4.78, 5) is 15.9. The summed E-state index contributed by atoms with van der Waals surface area (Å²) in [7, 11) is 3.58. The third-order valence-corrected chi connectivity index (χ3v) is 5.49. The van der Waals surface area contributed by atoms with Crippen molar-refractivity contribution in [3.63, 3.8) is 0 Å². The zero-order valence-electron chi connectivity index (χ0n) is 20.4. The molecule has 1 saturated heterocycles. The molecule has 2 aliphatic heterocycles. The smallest absolute Gasteiger partial charge is 0.229 e. The number of methoxy groups -OCH3 is 1. The number of ether oxygens (including phenoxy) is 1. The quantitative estimate of drug-likeness (QED) is 0.604. The average molecular weight is 453 g/mol. The molecule has 0 aromatic carbocycles. The largest absolute Gasteiger partial charge is 0.384 e. The number of nitrogens with zero attached hydrogens (tertiary/aromatic N) is 6. The molecule has 33 heavy (non-hydrogen) atoms. The fourth-order valence-corrected chi connectivity index (χ4v) is 3.96. The van der Waals surface area contributed by atoms with Crippen LogP contribution in [0.3, 0.4) is 0 Å². The molecular formula is C24H36N8O. The van der Waals surface area contributed by atoms with E-state index in [1.165, 1.54) is 25.9 Å². The Kier molecular flexibility index (Phi) is 8.73. The topological polar surface area (TPSA) is 93.0 Å². The van der Waals surface area contributed by atoms with Crippen LogP contribution in [0.5, 0.6) is 0 Å². The minimum absolute atomic E-state index is 0.200. The van der Waals surface area contributed by atoms with Gasteiger partial charge in [0.05, 0.1) is 18.5 Å². The van der Waals surface area contributed by atoms with Crippen LogP contribution >= 0.6 is 0 Å². The molecule has 178 valence electrons. The highest BCUT2D eigenvalue weighted by Gasteiger charge is 2.41. The van der Waals surface area contributed by atoms with Crippen molar-refractivity contribution in [1.82, 2.24) is 30.0 Å². The van der Waals surface area contributed by atoms with Gasteiger partial charge in [-0.2, -0.15) is 10.1 Å². The molecule has 1 unspecified atom stereocenters. The maximum atomic E-state index is 5.47. The predicted octanol–water partition coefficient (Wildman–Crippen LogP) is 3.80. The van der Waals surface area contributed by atoms with Crippen LogP contribution in [0.15, 0.2) is 43.0 Å². The first-order valence-corrected chi connectivity index (χ1v) is 11.6. The molecule has 2 N–H and O–H groups in total. The third kappa shape index (κ3) is 6.06. The molecule has 0 amide bonds. The van der Waals surface area contributed by atoms with Crippen molar-refractivity contribution in [3.8, 4) is 0 Å². The van der Waals surface area contributed by atoms with Crippen molar-refractivity contribution in [3.05, 3.63) is 48.5 Å². The minimum Gasteiger partial charge on any atom is -0.384 e. The number of hydrogen-bond donors (Lipinski definition) is 2. The van der Waals surface area contributed by atoms with E-state index in [-0.39, 0.29) is 5.41 Å². The molecular weight excluding hydrogens is 416 g/mol. The number of anilines is 4. The summed E-state index contributed by atoms with van der Waals surface area (Å²) in [6.45, 7) is 9.98. The summed E-state index contributed by atoms with van der Waals surface area (Å²) in [5.41, 5.74) is 1.70. The molecule has 9 nitrogen and oxygen atoms in total. The molecule has 5 rings (SSSR count). The van der Waals surface area contributed by atoms with Gasteiger partial charge in [0.1, 0.15) is 11.6 Å². The van der Waals surface area contributed by atoms with E-state index >= 15 is 0 Å². The highest BCUT2D eigenvalue weighted by Crippen LogP contribution is 2.43. The van der Waals surface area contributed by atoms with Gasteiger partial charge in [0.2, 0.25) is 5.95 Å². The lowest BCUT2D eigenvalue weighted by atomic mass is 9.87. The molecule has 0 saturated carbocycles. The monoisotopic (exact) mass is 452 g/mol. The number of aryl methyl sites for hydroxylation is 1. The zero-order valence-corrected chi connectivity index (χ0v) is 20.4. The molecule has 0 aliphatic carbocycles. The van der Waals surface area contributed by atoms with Crippen LogP contribution in [-0.2, 0) is 17.2 Å². The fourth-order valence-electron chi connectivity index (χ4n) is 3.96. The predicted molar refractivity (Wildman–Crippen MR) is 132 cm³/mol. The van der Waals surface area contributed by atoms with Gasteiger partial charge >= 0.3 is 0 Å². The molecule has 9 heteroatoms. The van der Waals surface area contributed by atoms with Gasteiger partial charge in [0, 0.05) is 50.3 Å². The summed E-state index contributed by atoms with van der Waals surface area (Å²) < 4.78 is 7.20. The van der Waals surface area contributed by atoms with Gasteiger partial charge < -0.3 is 20.3 Å². The summed E-state index contributed by atoms with van der Waals surface area (Å²) in [6, 6.07) is 5.87. The molecule has 3 aromatic rings. The van der Waals surface area contributed by atoms with Crippen molar-refractivity contribution < 1.29 is 4.74 Å². The maximum Gasteiger partial charge on any atom is 0.229 e. The summed E-state index contributed by atoms with van der Waals surface area (Å²) in [5.74, 6) is 2.24. The Hall–Kier alpha value is -3.04. The highest BCUT2D eigenvalue weighted by atomic mass is 16.5. The van der Waals surface area contributed by atoms with E-state index in [1.54, 1.807) is 24.2 Å². The van der Waals surface area contributed by atoms with E-state index in [0.29, 0.717) is 12.6 Å². The molecule has 0 spiro atoms. The summed E-state index contributed by atoms with van der Waals surface area (Å²) >= 11 is 0. The number of nitrogens with one attached hydrogen (secondary N) is 2. The number of rotatable bonds is 5. The second kappa shape index (κ2) is 11.7. The average Bonchev–Trinajstić information content (AvgIpc) is 3.59. The first-order chi connectivity index (χ1) is 16.1. The molecule has 3 aromatic heterocycles. The highest BCUT2D eigenvalue weighted by molar-refractivity contribution is 5.68. The standard InChI is InChI=1S/C18H21N7O.C4H9N.C2H6/c1-18(12-26-3)11-25(15-6-4-5-7-19-15)16-14(18)9-20-17(23-16)22-13-8-21-24(2)10-13;1-2-4-5-3-1;1-2/h4-10H,11-12H2,1-3H3,(H,20,22,23);5H,1-4H2;1-2H3. The van der Waals surface area contributed by atoms with Crippen LogP contribution in [0.2, 0.25) is 0 Å². The first-order valence-electron chi connectivity index (χ1n) is 11.6. The SMILES string of the molecule is C1CCNC1.CC.COCC1(C)CN(c2ccccn2)c2nc(Nc3cnn(C)c3)ncc21. The van der Waals surface area contributed by atoms with E-state index in [9.17, 15) is 0 Å². The summed E-state index contributed by atoms with van der Waals surface area (Å²) in [6.07, 6.45) is 10.1. The van der Waals surface area contributed by atoms with E-state index in [4.69, 9.17) is 9.72 Å². The van der Waals surface area contributed by atoms with E-state index in [2.05, 4.69) is 37.5 Å². The van der Waals surface area contributed by atoms with Crippen molar-refractivity contribution in [1.29, 1.82) is 0 Å². The Morgan fingerprint density at radius 2 is 1.94 bits per heavy atom. The first kappa shape index (κ1) is 24.6. The molecule has 1 fully saturated rings. The normalized spacial score (nSPS) is 18.6. The van der Waals surface area contributed by atoms with Crippen molar-refractivity contribution in [2.45, 2.75) is 39.0 Å². The van der Waals surface area contributed by atoms with Gasteiger partial charge in [0.15, 0.2) is 0 Å². The molecule has 1 atom stereocenters. The van der Waals surface area contributed by atoms with Gasteiger partial charge in [-0.3, -0.25) is 4.68 Å². The summed E-state index contributed by atoms with van der Waals surface area (Å²) in [5, 5.41) is 10.6. The zero-order chi connectivity index (χ0) is 23.7. The number of hydrogen-bond acceptors (Lipinski definition) is 8. The van der Waals surface area contributed by atoms with E-state index in [1.807, 2.05) is 51.5 Å². The van der Waals surface area contributed by atoms with Gasteiger partial charge in [0.25, 0.3) is 0 Å². The number of pyridine rings is 1. The number of fused-ring (bicyclic) bond motifs is 1. The van der Waals surface area contributed by atoms with Gasteiger partial charge in [-0.05, 0) is 38.1 Å². The van der Waals surface area contributed by atoms with Gasteiger partial charge in [-0.25, -0.2) is 9.97 Å². The number of aromatic nitrogens is 5. The van der Waals surface area contributed by atoms with Crippen LogP contribution in [0, 0.1) is 0 Å². The Morgan fingerprint density at radius 1 is 1.15 bits per heavy atom. The lowest BCUT2D eigenvalue weighted by Crippen LogP contribution is -2.33. The Labute approximate surface area is 196 Å². The second-order valence-electron chi connectivity index (χ2n) is 8.18. The maximum absolute atomic E-state index is 5.47. The molecule has 5 heterocycles. The molecule has 2 aliphatic rings.